The molecule has 1 unspecified atom stereocenters. The Bertz CT molecular complexity index is 541. The summed E-state index contributed by atoms with van der Waals surface area (Å²) in [5.41, 5.74) is 2.16. The lowest BCUT2D eigenvalue weighted by Gasteiger charge is -2.16. The summed E-state index contributed by atoms with van der Waals surface area (Å²) in [5, 5.41) is 0. The second-order valence-corrected chi connectivity index (χ2v) is 6.61. The zero-order chi connectivity index (χ0) is 16.9. The first-order chi connectivity index (χ1) is 10.2. The highest BCUT2D eigenvalue weighted by atomic mass is 16.7. The monoisotopic (exact) mass is 306 g/mol. The Morgan fingerprint density at radius 3 is 2.32 bits per heavy atom. The first-order valence-electron chi connectivity index (χ1n) is 7.61. The average molecular weight is 306 g/mol. The molecule has 0 heterocycles. The molecular weight excluding hydrogens is 280 g/mol. The molecule has 0 spiro atoms. The average Bonchev–Trinajstić information content (AvgIpc) is 2.45. The fourth-order valence-electron chi connectivity index (χ4n) is 2.01. The van der Waals surface area contributed by atoms with Crippen LogP contribution < -0.4 is 0 Å². The fourth-order valence-corrected chi connectivity index (χ4v) is 2.01. The van der Waals surface area contributed by atoms with Gasteiger partial charge in [-0.2, -0.15) is 0 Å². The maximum Gasteiger partial charge on any atom is 0.341 e. The van der Waals surface area contributed by atoms with Crippen LogP contribution in [0.25, 0.3) is 0 Å². The fraction of sp³-hybridized carbons (Fsp3) is 0.556. The summed E-state index contributed by atoms with van der Waals surface area (Å²) >= 11 is 0. The molecule has 1 atom stereocenters. The van der Waals surface area contributed by atoms with E-state index in [2.05, 4.69) is 13.8 Å². The predicted molar refractivity (Wildman–Crippen MR) is 85.7 cm³/mol. The molecule has 0 radical (unpaired) electrons. The van der Waals surface area contributed by atoms with Crippen molar-refractivity contribution in [2.24, 2.45) is 5.41 Å². The summed E-state index contributed by atoms with van der Waals surface area (Å²) in [7, 11) is 0. The number of esters is 2. The Hall–Kier alpha value is -1.84. The molecule has 22 heavy (non-hydrogen) atoms. The maximum absolute atomic E-state index is 12.0. The Kier molecular flexibility index (Phi) is 6.15. The van der Waals surface area contributed by atoms with Crippen LogP contribution in [0.15, 0.2) is 18.2 Å². The highest BCUT2D eigenvalue weighted by Gasteiger charge is 2.23. The number of ether oxygens (including phenoxy) is 2. The SMILES string of the molecule is CCC(C)c1ccc(C(=O)OCOC(=O)C(C)(C)C)cc1C. The molecule has 1 rings (SSSR count). The van der Waals surface area contributed by atoms with E-state index in [-0.39, 0.29) is 6.79 Å². The van der Waals surface area contributed by atoms with Crippen LogP contribution >= 0.6 is 0 Å². The lowest BCUT2D eigenvalue weighted by molar-refractivity contribution is -0.161. The van der Waals surface area contributed by atoms with Gasteiger partial charge in [0.1, 0.15) is 0 Å². The van der Waals surface area contributed by atoms with Crippen molar-refractivity contribution in [3.63, 3.8) is 0 Å². The summed E-state index contributed by atoms with van der Waals surface area (Å²) in [6, 6.07) is 5.53. The highest BCUT2D eigenvalue weighted by Crippen LogP contribution is 2.23. The molecule has 0 N–H and O–H groups in total. The number of carbonyl (C=O) groups is 2. The van der Waals surface area contributed by atoms with Crippen LogP contribution in [0.2, 0.25) is 0 Å². The summed E-state index contributed by atoms with van der Waals surface area (Å²) < 4.78 is 9.92. The lowest BCUT2D eigenvalue weighted by Crippen LogP contribution is -2.24. The van der Waals surface area contributed by atoms with Gasteiger partial charge in [0.15, 0.2) is 0 Å². The number of rotatable bonds is 5. The molecule has 0 bridgehead atoms. The normalized spacial score (nSPS) is 12.6. The van der Waals surface area contributed by atoms with E-state index in [1.165, 1.54) is 5.56 Å². The zero-order valence-electron chi connectivity index (χ0n) is 14.4. The number of hydrogen-bond acceptors (Lipinski definition) is 4. The van der Waals surface area contributed by atoms with E-state index in [1.54, 1.807) is 26.8 Å². The highest BCUT2D eigenvalue weighted by molar-refractivity contribution is 5.89. The lowest BCUT2D eigenvalue weighted by atomic mass is 9.93. The molecule has 1 aromatic rings. The van der Waals surface area contributed by atoms with Crippen LogP contribution in [-0.2, 0) is 14.3 Å². The van der Waals surface area contributed by atoms with Gasteiger partial charge in [0.05, 0.1) is 11.0 Å². The molecule has 0 aliphatic carbocycles. The Balaban J connectivity index is 2.64. The van der Waals surface area contributed by atoms with Crippen LogP contribution in [0, 0.1) is 12.3 Å². The third-order valence-electron chi connectivity index (χ3n) is 3.64. The molecule has 0 fully saturated rings. The van der Waals surface area contributed by atoms with Gasteiger partial charge in [0.25, 0.3) is 0 Å². The summed E-state index contributed by atoms with van der Waals surface area (Å²) in [5.74, 6) is -0.429. The second kappa shape index (κ2) is 7.43. The van der Waals surface area contributed by atoms with Gasteiger partial charge in [-0.3, -0.25) is 4.79 Å². The first kappa shape index (κ1) is 18.2. The molecule has 0 saturated carbocycles. The van der Waals surface area contributed by atoms with Crippen LogP contribution in [0.5, 0.6) is 0 Å². The third-order valence-corrected chi connectivity index (χ3v) is 3.64. The number of benzene rings is 1. The Morgan fingerprint density at radius 2 is 1.82 bits per heavy atom. The van der Waals surface area contributed by atoms with Gasteiger partial charge in [0, 0.05) is 0 Å². The van der Waals surface area contributed by atoms with Gasteiger partial charge in [-0.05, 0) is 63.3 Å². The Labute approximate surface area is 132 Å². The molecule has 0 saturated heterocycles. The van der Waals surface area contributed by atoms with Gasteiger partial charge < -0.3 is 9.47 Å². The molecule has 1 aromatic carbocycles. The van der Waals surface area contributed by atoms with Gasteiger partial charge in [-0.1, -0.05) is 19.9 Å². The molecule has 0 amide bonds. The number of hydrogen-bond donors (Lipinski definition) is 0. The molecule has 0 aliphatic rings. The van der Waals surface area contributed by atoms with Crippen LogP contribution in [0.1, 0.15) is 68.4 Å². The minimum atomic E-state index is -0.610. The van der Waals surface area contributed by atoms with Crippen molar-refractivity contribution >= 4 is 11.9 Å². The standard InChI is InChI=1S/C18H26O4/c1-7-12(2)15-9-8-14(10-13(15)3)16(19)21-11-22-17(20)18(4,5)6/h8-10,12H,7,11H2,1-6H3. The van der Waals surface area contributed by atoms with E-state index in [0.29, 0.717) is 11.5 Å². The van der Waals surface area contributed by atoms with E-state index in [4.69, 9.17) is 9.47 Å². The number of carbonyl (C=O) groups excluding carboxylic acids is 2. The molecule has 0 aromatic heterocycles. The minimum absolute atomic E-state index is 0.360. The maximum atomic E-state index is 12.0. The van der Waals surface area contributed by atoms with Gasteiger partial charge in [-0.25, -0.2) is 4.79 Å². The predicted octanol–water partition coefficient (Wildman–Crippen LogP) is 4.21. The molecule has 4 heteroatoms. The summed E-state index contributed by atoms with van der Waals surface area (Å²) in [6.45, 7) is 11.2. The largest absolute Gasteiger partial charge is 0.427 e. The topological polar surface area (TPSA) is 52.6 Å². The van der Waals surface area contributed by atoms with Crippen LogP contribution in [0.3, 0.4) is 0 Å². The van der Waals surface area contributed by atoms with Crippen molar-refractivity contribution in [3.05, 3.63) is 34.9 Å². The van der Waals surface area contributed by atoms with Crippen molar-refractivity contribution in [1.82, 2.24) is 0 Å². The van der Waals surface area contributed by atoms with Gasteiger partial charge in [0.2, 0.25) is 6.79 Å². The first-order valence-corrected chi connectivity index (χ1v) is 7.61. The Morgan fingerprint density at radius 1 is 1.18 bits per heavy atom. The summed E-state index contributed by atoms with van der Waals surface area (Å²) in [4.78, 5) is 23.5. The summed E-state index contributed by atoms with van der Waals surface area (Å²) in [6.07, 6.45) is 1.05. The smallest absolute Gasteiger partial charge is 0.341 e. The van der Waals surface area contributed by atoms with Crippen molar-refractivity contribution in [3.8, 4) is 0 Å². The quantitative estimate of drug-likeness (QED) is 0.604. The third kappa shape index (κ3) is 4.86. The molecule has 4 nitrogen and oxygen atoms in total. The van der Waals surface area contributed by atoms with Crippen molar-refractivity contribution in [1.29, 1.82) is 0 Å². The number of aryl methyl sites for hydroxylation is 1. The molecule has 122 valence electrons. The second-order valence-electron chi connectivity index (χ2n) is 6.61. The van der Waals surface area contributed by atoms with Crippen LogP contribution in [0.4, 0.5) is 0 Å². The van der Waals surface area contributed by atoms with Crippen molar-refractivity contribution in [2.75, 3.05) is 6.79 Å². The van der Waals surface area contributed by atoms with Gasteiger partial charge in [-0.15, -0.1) is 0 Å². The molecular formula is C18H26O4. The minimum Gasteiger partial charge on any atom is -0.427 e. The van der Waals surface area contributed by atoms with Crippen LogP contribution in [-0.4, -0.2) is 18.7 Å². The van der Waals surface area contributed by atoms with Crippen molar-refractivity contribution < 1.29 is 19.1 Å². The van der Waals surface area contributed by atoms with E-state index in [1.807, 2.05) is 19.1 Å². The molecule has 0 aliphatic heterocycles. The zero-order valence-corrected chi connectivity index (χ0v) is 14.4. The van der Waals surface area contributed by atoms with E-state index in [9.17, 15) is 9.59 Å². The van der Waals surface area contributed by atoms with E-state index >= 15 is 0 Å². The van der Waals surface area contributed by atoms with Crippen molar-refractivity contribution in [2.45, 2.75) is 53.9 Å². The van der Waals surface area contributed by atoms with E-state index < -0.39 is 17.4 Å². The van der Waals surface area contributed by atoms with Gasteiger partial charge >= 0.3 is 11.9 Å². The van der Waals surface area contributed by atoms with E-state index in [0.717, 1.165) is 12.0 Å².